The Balaban J connectivity index is 1.92. The van der Waals surface area contributed by atoms with Crippen LogP contribution in [0, 0.1) is 0 Å². The van der Waals surface area contributed by atoms with Gasteiger partial charge in [-0.1, -0.05) is 11.6 Å². The first kappa shape index (κ1) is 19.2. The van der Waals surface area contributed by atoms with E-state index in [-0.39, 0.29) is 39.0 Å². The Hall–Kier alpha value is -2.60. The fourth-order valence-corrected chi connectivity index (χ4v) is 2.95. The summed E-state index contributed by atoms with van der Waals surface area (Å²) in [6.07, 6.45) is -2.69. The number of hydrogen-bond acceptors (Lipinski definition) is 8. The minimum absolute atomic E-state index is 0.0106. The number of nitrogen functional groups attached to an aromatic ring is 1. The molecule has 0 saturated heterocycles. The molecule has 3 heterocycles. The number of fused-ring (bicyclic) bond motifs is 1. The van der Waals surface area contributed by atoms with Crippen molar-refractivity contribution in [1.82, 2.24) is 24.6 Å². The highest BCUT2D eigenvalue weighted by molar-refractivity contribution is 7.99. The van der Waals surface area contributed by atoms with Crippen LogP contribution in [0.1, 0.15) is 22.8 Å². The van der Waals surface area contributed by atoms with E-state index < -0.39 is 17.7 Å². The summed E-state index contributed by atoms with van der Waals surface area (Å²) in [4.78, 5) is 23.6. The number of pyridine rings is 1. The van der Waals surface area contributed by atoms with Crippen LogP contribution in [-0.2, 0) is 10.9 Å². The molecule has 8 nitrogen and oxygen atoms in total. The Morgan fingerprint density at radius 1 is 1.37 bits per heavy atom. The second kappa shape index (κ2) is 7.19. The van der Waals surface area contributed by atoms with Crippen molar-refractivity contribution in [2.24, 2.45) is 0 Å². The number of carbonyl (C=O) groups is 1. The first-order valence-electron chi connectivity index (χ1n) is 7.29. The van der Waals surface area contributed by atoms with Gasteiger partial charge in [0.25, 0.3) is 5.78 Å². The quantitative estimate of drug-likeness (QED) is 0.644. The van der Waals surface area contributed by atoms with Crippen LogP contribution >= 0.6 is 23.4 Å². The van der Waals surface area contributed by atoms with Gasteiger partial charge in [0, 0.05) is 12.4 Å². The third kappa shape index (κ3) is 3.90. The second-order valence-corrected chi connectivity index (χ2v) is 6.36. The molecule has 0 aliphatic carbocycles. The van der Waals surface area contributed by atoms with Crippen LogP contribution in [0.5, 0.6) is 0 Å². The standard InChI is InChI=1S/C14H10ClF3N6O2S/c1-2-26-11(25)7-5-21-12-22-13(23-24(12)9(7)19)27-10-8(15)3-6(4-20-10)14(16,17)18/h3-5H,2,19H2,1H3. The monoisotopic (exact) mass is 418 g/mol. The first-order valence-corrected chi connectivity index (χ1v) is 8.49. The number of nitrogens with zero attached hydrogens (tertiary/aromatic N) is 5. The number of halogens is 4. The zero-order valence-corrected chi connectivity index (χ0v) is 15.1. The van der Waals surface area contributed by atoms with Crippen molar-refractivity contribution < 1.29 is 22.7 Å². The lowest BCUT2D eigenvalue weighted by Gasteiger charge is -2.07. The van der Waals surface area contributed by atoms with Gasteiger partial charge in [0.1, 0.15) is 16.4 Å². The van der Waals surface area contributed by atoms with E-state index >= 15 is 0 Å². The third-order valence-electron chi connectivity index (χ3n) is 3.20. The molecule has 2 N–H and O–H groups in total. The molecule has 0 fully saturated rings. The van der Waals surface area contributed by atoms with Crippen LogP contribution < -0.4 is 5.73 Å². The molecule has 0 unspecified atom stereocenters. The molecule has 0 spiro atoms. The predicted octanol–water partition coefficient (Wildman–Crippen LogP) is 3.10. The highest BCUT2D eigenvalue weighted by Gasteiger charge is 2.31. The summed E-state index contributed by atoms with van der Waals surface area (Å²) in [5, 5.41) is 4.03. The molecule has 0 atom stereocenters. The molecule has 13 heteroatoms. The maximum absolute atomic E-state index is 12.7. The SMILES string of the molecule is CCOC(=O)c1cnc2nc(Sc3ncc(C(F)(F)F)cc3Cl)nn2c1N. The highest BCUT2D eigenvalue weighted by atomic mass is 35.5. The molecule has 27 heavy (non-hydrogen) atoms. The smallest absolute Gasteiger partial charge is 0.417 e. The van der Waals surface area contributed by atoms with E-state index in [9.17, 15) is 18.0 Å². The molecule has 3 rings (SSSR count). The topological polar surface area (TPSA) is 108 Å². The average molecular weight is 419 g/mol. The van der Waals surface area contributed by atoms with E-state index in [4.69, 9.17) is 22.1 Å². The fraction of sp³-hybridized carbons (Fsp3) is 0.214. The van der Waals surface area contributed by atoms with Crippen molar-refractivity contribution in [2.75, 3.05) is 12.3 Å². The van der Waals surface area contributed by atoms with E-state index in [1.165, 1.54) is 6.20 Å². The molecule has 0 radical (unpaired) electrons. The van der Waals surface area contributed by atoms with Gasteiger partial charge >= 0.3 is 12.1 Å². The van der Waals surface area contributed by atoms with Crippen LogP contribution in [0.25, 0.3) is 5.78 Å². The molecule has 0 aliphatic rings. The predicted molar refractivity (Wildman–Crippen MR) is 89.5 cm³/mol. The van der Waals surface area contributed by atoms with Crippen molar-refractivity contribution >= 4 is 40.9 Å². The summed E-state index contributed by atoms with van der Waals surface area (Å²) >= 11 is 6.70. The van der Waals surface area contributed by atoms with Crippen molar-refractivity contribution in [3.8, 4) is 0 Å². The van der Waals surface area contributed by atoms with Gasteiger partial charge in [0.2, 0.25) is 5.16 Å². The second-order valence-electron chi connectivity index (χ2n) is 4.99. The van der Waals surface area contributed by atoms with Gasteiger partial charge in [-0.15, -0.1) is 5.10 Å². The van der Waals surface area contributed by atoms with E-state index in [2.05, 4.69) is 20.1 Å². The van der Waals surface area contributed by atoms with Gasteiger partial charge in [-0.25, -0.2) is 14.8 Å². The van der Waals surface area contributed by atoms with Gasteiger partial charge in [-0.05, 0) is 24.8 Å². The third-order valence-corrected chi connectivity index (χ3v) is 4.48. The lowest BCUT2D eigenvalue weighted by molar-refractivity contribution is -0.137. The van der Waals surface area contributed by atoms with Gasteiger partial charge < -0.3 is 10.5 Å². The highest BCUT2D eigenvalue weighted by Crippen LogP contribution is 2.35. The summed E-state index contributed by atoms with van der Waals surface area (Å²) in [7, 11) is 0. The van der Waals surface area contributed by atoms with Crippen LogP contribution in [0.3, 0.4) is 0 Å². The number of ether oxygens (including phenoxy) is 1. The Kier molecular flexibility index (Phi) is 5.11. The summed E-state index contributed by atoms with van der Waals surface area (Å²) < 4.78 is 44.0. The van der Waals surface area contributed by atoms with E-state index in [1.807, 2.05) is 0 Å². The Morgan fingerprint density at radius 2 is 2.11 bits per heavy atom. The molecule has 3 aromatic rings. The molecule has 3 aromatic heterocycles. The molecule has 0 aliphatic heterocycles. The van der Waals surface area contributed by atoms with E-state index in [0.29, 0.717) is 6.20 Å². The number of anilines is 1. The lowest BCUT2D eigenvalue weighted by Crippen LogP contribution is -2.12. The average Bonchev–Trinajstić information content (AvgIpc) is 3.00. The minimum atomic E-state index is -4.55. The van der Waals surface area contributed by atoms with Gasteiger partial charge in [-0.3, -0.25) is 0 Å². The first-order chi connectivity index (χ1) is 12.7. The molecule has 142 valence electrons. The number of esters is 1. The minimum Gasteiger partial charge on any atom is -0.462 e. The van der Waals surface area contributed by atoms with Crippen LogP contribution in [0.4, 0.5) is 19.0 Å². The van der Waals surface area contributed by atoms with E-state index in [0.717, 1.165) is 22.3 Å². The molecular weight excluding hydrogens is 409 g/mol. The van der Waals surface area contributed by atoms with Crippen molar-refractivity contribution in [3.63, 3.8) is 0 Å². The maximum Gasteiger partial charge on any atom is 0.417 e. The van der Waals surface area contributed by atoms with Gasteiger partial charge in [0.05, 0.1) is 17.2 Å². The number of alkyl halides is 3. The van der Waals surface area contributed by atoms with Crippen LogP contribution in [0.2, 0.25) is 5.02 Å². The van der Waals surface area contributed by atoms with Crippen molar-refractivity contribution in [3.05, 3.63) is 34.6 Å². The Bertz CT molecular complexity index is 1030. The Labute approximate surface area is 158 Å². The lowest BCUT2D eigenvalue weighted by atomic mass is 10.3. The number of rotatable bonds is 4. The summed E-state index contributed by atoms with van der Waals surface area (Å²) in [6, 6.07) is 0.762. The van der Waals surface area contributed by atoms with Gasteiger partial charge in [-0.2, -0.15) is 22.7 Å². The fourth-order valence-electron chi connectivity index (χ4n) is 1.98. The molecule has 0 aromatic carbocycles. The van der Waals surface area contributed by atoms with Crippen LogP contribution in [0.15, 0.2) is 28.6 Å². The summed E-state index contributed by atoms with van der Waals surface area (Å²) in [6.45, 7) is 1.80. The maximum atomic E-state index is 12.7. The number of carbonyl (C=O) groups excluding carboxylic acids is 1. The number of nitrogens with two attached hydrogens (primary N) is 1. The number of aromatic nitrogens is 5. The van der Waals surface area contributed by atoms with Crippen molar-refractivity contribution in [2.45, 2.75) is 23.3 Å². The zero-order chi connectivity index (χ0) is 19.8. The normalized spacial score (nSPS) is 11.7. The summed E-state index contributed by atoms with van der Waals surface area (Å²) in [5.41, 5.74) is 4.94. The van der Waals surface area contributed by atoms with Gasteiger partial charge in [0.15, 0.2) is 0 Å². The van der Waals surface area contributed by atoms with Crippen molar-refractivity contribution in [1.29, 1.82) is 0 Å². The molecule has 0 saturated carbocycles. The molecule has 0 amide bonds. The molecular formula is C14H10ClF3N6O2S. The zero-order valence-electron chi connectivity index (χ0n) is 13.5. The van der Waals surface area contributed by atoms with Crippen LogP contribution in [-0.4, -0.2) is 37.1 Å². The molecule has 0 bridgehead atoms. The Morgan fingerprint density at radius 3 is 2.74 bits per heavy atom. The van der Waals surface area contributed by atoms with E-state index in [1.54, 1.807) is 6.92 Å². The largest absolute Gasteiger partial charge is 0.462 e. The number of hydrogen-bond donors (Lipinski definition) is 1. The summed E-state index contributed by atoms with van der Waals surface area (Å²) in [5.74, 6) is -0.614.